The molecule has 1 aliphatic rings. The molecule has 5 aromatic rings. The first-order valence-corrected chi connectivity index (χ1v) is 17.8. The third kappa shape index (κ3) is 7.21. The molecule has 1 aromatic heterocycles. The quantitative estimate of drug-likeness (QED) is 0.131. The first-order valence-electron chi connectivity index (χ1n) is 16.2. The number of carbonyl (C=O) groups is 1. The van der Waals surface area contributed by atoms with E-state index < -0.39 is 12.0 Å². The summed E-state index contributed by atoms with van der Waals surface area (Å²) in [4.78, 5) is 32.9. The maximum Gasteiger partial charge on any atom is 0.338 e. The second-order valence-electron chi connectivity index (χ2n) is 11.7. The van der Waals surface area contributed by atoms with Crippen molar-refractivity contribution in [1.29, 1.82) is 0 Å². The fourth-order valence-corrected chi connectivity index (χ4v) is 7.48. The maximum atomic E-state index is 14.3. The van der Waals surface area contributed by atoms with Gasteiger partial charge in [-0.2, -0.15) is 0 Å². The van der Waals surface area contributed by atoms with Gasteiger partial charge in [0.15, 0.2) is 16.3 Å². The minimum Gasteiger partial charge on any atom is -0.491 e. The molecule has 8 nitrogen and oxygen atoms in total. The number of hydrogen-bond donors (Lipinski definition) is 0. The third-order valence-electron chi connectivity index (χ3n) is 7.92. The lowest BCUT2D eigenvalue weighted by atomic mass is 9.95. The van der Waals surface area contributed by atoms with Crippen molar-refractivity contribution < 1.29 is 23.7 Å². The van der Waals surface area contributed by atoms with Crippen LogP contribution in [0.3, 0.4) is 0 Å². The van der Waals surface area contributed by atoms with E-state index in [1.165, 1.54) is 16.7 Å². The van der Waals surface area contributed by atoms with Crippen LogP contribution in [0.1, 0.15) is 57.4 Å². The van der Waals surface area contributed by atoms with E-state index in [0.29, 0.717) is 61.1 Å². The molecule has 10 heteroatoms. The fraction of sp³-hybridized carbons (Fsp3) is 0.256. The number of fused-ring (bicyclic) bond motifs is 2. The molecule has 0 unspecified atom stereocenters. The molecule has 0 amide bonds. The second-order valence-corrected chi connectivity index (χ2v) is 13.6. The number of thiazole rings is 1. The van der Waals surface area contributed by atoms with E-state index in [2.05, 4.69) is 46.3 Å². The van der Waals surface area contributed by atoms with Gasteiger partial charge >= 0.3 is 5.97 Å². The number of aromatic nitrogens is 1. The van der Waals surface area contributed by atoms with Gasteiger partial charge in [0.25, 0.3) is 5.56 Å². The number of para-hydroxylation sites is 1. The van der Waals surface area contributed by atoms with Crippen LogP contribution in [-0.2, 0) is 16.1 Å². The molecule has 6 rings (SSSR count). The Labute approximate surface area is 297 Å². The van der Waals surface area contributed by atoms with Crippen LogP contribution in [0.2, 0.25) is 0 Å². The van der Waals surface area contributed by atoms with Crippen molar-refractivity contribution >= 4 is 50.1 Å². The van der Waals surface area contributed by atoms with Crippen molar-refractivity contribution in [3.05, 3.63) is 131 Å². The van der Waals surface area contributed by atoms with E-state index in [4.69, 9.17) is 23.9 Å². The van der Waals surface area contributed by atoms with Gasteiger partial charge in [-0.25, -0.2) is 9.79 Å². The zero-order valence-electron chi connectivity index (χ0n) is 28.0. The Morgan fingerprint density at radius 3 is 2.47 bits per heavy atom. The summed E-state index contributed by atoms with van der Waals surface area (Å²) in [5.41, 5.74) is 2.95. The minimum atomic E-state index is -0.788. The summed E-state index contributed by atoms with van der Waals surface area (Å²) >= 11 is 4.95. The molecule has 0 spiro atoms. The Morgan fingerprint density at radius 2 is 1.71 bits per heavy atom. The molecule has 2 heterocycles. The molecule has 1 atom stereocenters. The summed E-state index contributed by atoms with van der Waals surface area (Å²) in [7, 11) is 0. The largest absolute Gasteiger partial charge is 0.491 e. The predicted molar refractivity (Wildman–Crippen MR) is 196 cm³/mol. The van der Waals surface area contributed by atoms with Crippen molar-refractivity contribution in [2.75, 3.05) is 13.2 Å². The molecule has 0 fully saturated rings. The number of ether oxygens (including phenoxy) is 4. The Kier molecular flexibility index (Phi) is 10.4. The van der Waals surface area contributed by atoms with Crippen molar-refractivity contribution in [2.45, 2.75) is 53.4 Å². The summed E-state index contributed by atoms with van der Waals surface area (Å²) in [5, 5.41) is 2.32. The lowest BCUT2D eigenvalue weighted by Crippen LogP contribution is -2.40. The van der Waals surface area contributed by atoms with Gasteiger partial charge in [-0.15, -0.1) is 0 Å². The zero-order chi connectivity index (χ0) is 34.7. The van der Waals surface area contributed by atoms with Gasteiger partial charge in [0.1, 0.15) is 18.4 Å². The van der Waals surface area contributed by atoms with Crippen LogP contribution in [0.25, 0.3) is 16.8 Å². The van der Waals surface area contributed by atoms with Crippen LogP contribution in [0.5, 0.6) is 17.2 Å². The molecular formula is C39H37BrN2O6S. The first-order chi connectivity index (χ1) is 23.7. The first kappa shape index (κ1) is 34.2. The minimum absolute atomic E-state index is 0.120. The second kappa shape index (κ2) is 14.8. The van der Waals surface area contributed by atoms with E-state index in [0.717, 1.165) is 16.5 Å². The summed E-state index contributed by atoms with van der Waals surface area (Å²) in [6, 6.07) is 24.9. The Bertz CT molecular complexity index is 2250. The van der Waals surface area contributed by atoms with Crippen LogP contribution in [0, 0.1) is 0 Å². The number of esters is 1. The molecular weight excluding hydrogens is 704 g/mol. The van der Waals surface area contributed by atoms with E-state index in [9.17, 15) is 9.59 Å². The number of nitrogens with zero attached hydrogens (tertiary/aromatic N) is 2. The standard InChI is InChI=1S/C39H37BrN2O6S/c1-6-45-32-20-26(19-30(40)36(32)47-22-25-16-17-27-12-8-9-13-28(27)18-25)21-33-37(43)42-35(29-14-10-11-15-31(29)48-23(3)4)34(38(44)46-7-2)24(5)41-39(42)49-33/h8-21,23,35H,6-7,22H2,1-5H3/b33-21+/t35-/m0/s1. The van der Waals surface area contributed by atoms with Gasteiger partial charge in [-0.05, 0) is 103 Å². The Hall–Kier alpha value is -4.67. The third-order valence-corrected chi connectivity index (χ3v) is 9.49. The number of hydrogen-bond acceptors (Lipinski definition) is 8. The molecule has 252 valence electrons. The molecule has 1 aliphatic heterocycles. The van der Waals surface area contributed by atoms with Gasteiger partial charge in [-0.3, -0.25) is 9.36 Å². The topological polar surface area (TPSA) is 88.4 Å². The van der Waals surface area contributed by atoms with E-state index in [-0.39, 0.29) is 18.3 Å². The summed E-state index contributed by atoms with van der Waals surface area (Å²) in [6.45, 7) is 10.3. The predicted octanol–water partition coefficient (Wildman–Crippen LogP) is 7.48. The van der Waals surface area contributed by atoms with Crippen molar-refractivity contribution in [2.24, 2.45) is 4.99 Å². The highest BCUT2D eigenvalue weighted by Gasteiger charge is 2.35. The SMILES string of the molecule is CCOC(=O)C1=C(C)N=c2s/c(=C/c3cc(Br)c(OCc4ccc5ccccc5c4)c(OCC)c3)c(=O)n2[C@H]1c1ccccc1OC(C)C. The monoisotopic (exact) mass is 740 g/mol. The lowest BCUT2D eigenvalue weighted by Gasteiger charge is -2.26. The molecule has 0 aliphatic carbocycles. The molecule has 0 radical (unpaired) electrons. The average molecular weight is 742 g/mol. The smallest absolute Gasteiger partial charge is 0.338 e. The van der Waals surface area contributed by atoms with Crippen molar-refractivity contribution in [1.82, 2.24) is 4.57 Å². The number of benzene rings is 4. The molecule has 0 bridgehead atoms. The summed E-state index contributed by atoms with van der Waals surface area (Å²) in [5.74, 6) is 1.19. The molecule has 0 saturated carbocycles. The Balaban J connectivity index is 1.41. The van der Waals surface area contributed by atoms with Gasteiger partial charge in [0, 0.05) is 5.56 Å². The van der Waals surface area contributed by atoms with Gasteiger partial charge in [0.05, 0.1) is 39.6 Å². The maximum absolute atomic E-state index is 14.3. The van der Waals surface area contributed by atoms with E-state index >= 15 is 0 Å². The highest BCUT2D eigenvalue weighted by atomic mass is 79.9. The summed E-state index contributed by atoms with van der Waals surface area (Å²) in [6.07, 6.45) is 1.69. The molecule has 0 saturated heterocycles. The van der Waals surface area contributed by atoms with Crippen LogP contribution >= 0.6 is 27.3 Å². The van der Waals surface area contributed by atoms with Crippen LogP contribution < -0.4 is 29.1 Å². The van der Waals surface area contributed by atoms with Gasteiger partial charge in [-0.1, -0.05) is 65.9 Å². The highest BCUT2D eigenvalue weighted by Crippen LogP contribution is 2.39. The Morgan fingerprint density at radius 1 is 0.959 bits per heavy atom. The van der Waals surface area contributed by atoms with Crippen molar-refractivity contribution in [3.63, 3.8) is 0 Å². The molecule has 4 aromatic carbocycles. The van der Waals surface area contributed by atoms with Gasteiger partial charge in [0.2, 0.25) is 0 Å². The van der Waals surface area contributed by atoms with E-state index in [1.807, 2.05) is 69.3 Å². The molecule has 49 heavy (non-hydrogen) atoms. The zero-order valence-corrected chi connectivity index (χ0v) is 30.4. The van der Waals surface area contributed by atoms with Crippen LogP contribution in [0.4, 0.5) is 0 Å². The highest BCUT2D eigenvalue weighted by molar-refractivity contribution is 9.10. The number of rotatable bonds is 11. The fourth-order valence-electron chi connectivity index (χ4n) is 5.86. The van der Waals surface area contributed by atoms with Crippen LogP contribution in [-0.4, -0.2) is 29.9 Å². The number of carbonyl (C=O) groups excluding carboxylic acids is 1. The summed E-state index contributed by atoms with van der Waals surface area (Å²) < 4.78 is 26.6. The number of halogens is 1. The van der Waals surface area contributed by atoms with E-state index in [1.54, 1.807) is 24.5 Å². The lowest BCUT2D eigenvalue weighted by molar-refractivity contribution is -0.139. The van der Waals surface area contributed by atoms with Crippen molar-refractivity contribution in [3.8, 4) is 17.2 Å². The average Bonchev–Trinajstić information content (AvgIpc) is 3.37. The molecule has 0 N–H and O–H groups in total. The van der Waals surface area contributed by atoms with Crippen LogP contribution in [0.15, 0.2) is 104 Å². The normalized spacial score (nSPS) is 14.5. The van der Waals surface area contributed by atoms with Gasteiger partial charge < -0.3 is 18.9 Å². The number of allylic oxidation sites excluding steroid dienone is 1.